The third-order valence-corrected chi connectivity index (χ3v) is 6.15. The van der Waals surface area contributed by atoms with E-state index >= 15 is 0 Å². The van der Waals surface area contributed by atoms with Gasteiger partial charge in [-0.3, -0.25) is 9.36 Å². The summed E-state index contributed by atoms with van der Waals surface area (Å²) in [6.45, 7) is 2.05. The van der Waals surface area contributed by atoms with Crippen LogP contribution in [0.4, 0.5) is 5.69 Å². The fourth-order valence-electron chi connectivity index (χ4n) is 2.88. The Bertz CT molecular complexity index is 1140. The summed E-state index contributed by atoms with van der Waals surface area (Å²) < 4.78 is 7.19. The van der Waals surface area contributed by atoms with Crippen LogP contribution in [-0.4, -0.2) is 33.5 Å². The number of hydrogen-bond donors (Lipinski definition) is 1. The first kappa shape index (κ1) is 20.2. The molecule has 0 atom stereocenters. The van der Waals surface area contributed by atoms with Gasteiger partial charge in [-0.15, -0.1) is 21.5 Å². The van der Waals surface area contributed by atoms with Gasteiger partial charge in [0.25, 0.3) is 0 Å². The summed E-state index contributed by atoms with van der Waals surface area (Å²) >= 11 is 2.96. The number of nitrogens with zero attached hydrogens (tertiary/aromatic N) is 3. The Morgan fingerprint density at radius 2 is 1.97 bits per heavy atom. The summed E-state index contributed by atoms with van der Waals surface area (Å²) in [5, 5.41) is 14.3. The van der Waals surface area contributed by atoms with E-state index in [2.05, 4.69) is 34.6 Å². The summed E-state index contributed by atoms with van der Waals surface area (Å²) in [6, 6.07) is 19.5. The lowest BCUT2D eigenvalue weighted by atomic mass is 10.2. The van der Waals surface area contributed by atoms with Crippen molar-refractivity contribution < 1.29 is 9.53 Å². The van der Waals surface area contributed by atoms with E-state index in [1.807, 2.05) is 52.4 Å². The normalized spacial score (nSPS) is 10.7. The zero-order valence-corrected chi connectivity index (χ0v) is 18.2. The molecule has 0 saturated heterocycles. The zero-order chi connectivity index (χ0) is 20.9. The zero-order valence-electron chi connectivity index (χ0n) is 16.5. The van der Waals surface area contributed by atoms with Crippen molar-refractivity contribution in [3.8, 4) is 22.1 Å². The van der Waals surface area contributed by atoms with Gasteiger partial charge >= 0.3 is 0 Å². The van der Waals surface area contributed by atoms with Gasteiger partial charge in [0, 0.05) is 17.4 Å². The number of thioether (sulfide) groups is 1. The number of aromatic nitrogens is 3. The van der Waals surface area contributed by atoms with Gasteiger partial charge in [-0.25, -0.2) is 0 Å². The van der Waals surface area contributed by atoms with Crippen LogP contribution < -0.4 is 10.1 Å². The second kappa shape index (κ2) is 9.15. The van der Waals surface area contributed by atoms with Gasteiger partial charge in [-0.05, 0) is 42.6 Å². The SMILES string of the molecule is COc1cccc(NC(=O)CSc2nnc(-c3cccs3)n2-c2ccc(C)cc2)c1. The second-order valence-electron chi connectivity index (χ2n) is 6.52. The molecule has 1 amide bonds. The first-order valence-corrected chi connectivity index (χ1v) is 11.1. The quantitative estimate of drug-likeness (QED) is 0.411. The number of thiophene rings is 1. The molecule has 0 bridgehead atoms. The Hall–Kier alpha value is -3.10. The van der Waals surface area contributed by atoms with E-state index in [4.69, 9.17) is 4.74 Å². The molecule has 2 heterocycles. The highest BCUT2D eigenvalue weighted by Crippen LogP contribution is 2.30. The molecule has 0 radical (unpaired) electrons. The summed E-state index contributed by atoms with van der Waals surface area (Å²) in [7, 11) is 1.60. The molecule has 152 valence electrons. The molecular formula is C22H20N4O2S2. The van der Waals surface area contributed by atoms with Crippen molar-refractivity contribution in [3.63, 3.8) is 0 Å². The highest BCUT2D eigenvalue weighted by atomic mass is 32.2. The number of rotatable bonds is 7. The molecule has 4 rings (SSSR count). The first-order valence-electron chi connectivity index (χ1n) is 9.27. The molecule has 0 fully saturated rings. The average Bonchev–Trinajstić information content (AvgIpc) is 3.43. The maximum Gasteiger partial charge on any atom is 0.234 e. The highest BCUT2D eigenvalue weighted by molar-refractivity contribution is 7.99. The molecule has 0 saturated carbocycles. The third kappa shape index (κ3) is 4.55. The number of carbonyl (C=O) groups is 1. The second-order valence-corrected chi connectivity index (χ2v) is 8.41. The van der Waals surface area contributed by atoms with Crippen molar-refractivity contribution in [1.29, 1.82) is 0 Å². The van der Waals surface area contributed by atoms with Crippen LogP contribution in [0.25, 0.3) is 16.4 Å². The smallest absolute Gasteiger partial charge is 0.234 e. The van der Waals surface area contributed by atoms with Crippen molar-refractivity contribution in [2.75, 3.05) is 18.2 Å². The molecule has 0 aliphatic rings. The predicted molar refractivity (Wildman–Crippen MR) is 122 cm³/mol. The molecule has 0 spiro atoms. The van der Waals surface area contributed by atoms with Gasteiger partial charge in [0.05, 0.1) is 17.7 Å². The third-order valence-electron chi connectivity index (χ3n) is 4.35. The van der Waals surface area contributed by atoms with E-state index in [-0.39, 0.29) is 11.7 Å². The van der Waals surface area contributed by atoms with Crippen LogP contribution >= 0.6 is 23.1 Å². The molecule has 4 aromatic rings. The molecule has 6 nitrogen and oxygen atoms in total. The van der Waals surface area contributed by atoms with E-state index in [1.165, 1.54) is 17.3 Å². The number of amides is 1. The Morgan fingerprint density at radius 3 is 2.70 bits per heavy atom. The molecule has 0 unspecified atom stereocenters. The number of aryl methyl sites for hydroxylation is 1. The monoisotopic (exact) mass is 436 g/mol. The Kier molecular flexibility index (Phi) is 6.15. The molecule has 1 N–H and O–H groups in total. The topological polar surface area (TPSA) is 69.0 Å². The molecular weight excluding hydrogens is 416 g/mol. The van der Waals surface area contributed by atoms with Crippen LogP contribution in [0.1, 0.15) is 5.56 Å². The van der Waals surface area contributed by atoms with Crippen LogP contribution in [0.15, 0.2) is 71.2 Å². The maximum absolute atomic E-state index is 12.5. The summed E-state index contributed by atoms with van der Waals surface area (Å²) in [6.07, 6.45) is 0. The summed E-state index contributed by atoms with van der Waals surface area (Å²) in [5.41, 5.74) is 2.83. The van der Waals surface area contributed by atoms with Gasteiger partial charge in [0.1, 0.15) is 5.75 Å². The van der Waals surface area contributed by atoms with E-state index in [0.717, 1.165) is 16.4 Å². The fraction of sp³-hybridized carbons (Fsp3) is 0.136. The lowest BCUT2D eigenvalue weighted by molar-refractivity contribution is -0.113. The standard InChI is InChI=1S/C22H20N4O2S2/c1-15-8-10-17(11-9-15)26-21(19-7-4-12-29-19)24-25-22(26)30-14-20(27)23-16-5-3-6-18(13-16)28-2/h3-13H,14H2,1-2H3,(H,23,27). The van der Waals surface area contributed by atoms with Crippen molar-refractivity contribution in [1.82, 2.24) is 14.8 Å². The van der Waals surface area contributed by atoms with Crippen molar-refractivity contribution in [3.05, 3.63) is 71.6 Å². The Morgan fingerprint density at radius 1 is 1.13 bits per heavy atom. The van der Waals surface area contributed by atoms with Crippen LogP contribution in [0, 0.1) is 6.92 Å². The van der Waals surface area contributed by atoms with Gasteiger partial charge < -0.3 is 10.1 Å². The van der Waals surface area contributed by atoms with E-state index in [1.54, 1.807) is 24.5 Å². The van der Waals surface area contributed by atoms with Crippen molar-refractivity contribution >= 4 is 34.7 Å². The molecule has 2 aromatic carbocycles. The van der Waals surface area contributed by atoms with E-state index < -0.39 is 0 Å². The fourth-order valence-corrected chi connectivity index (χ4v) is 4.33. The van der Waals surface area contributed by atoms with Gasteiger partial charge in [-0.1, -0.05) is 41.6 Å². The molecule has 8 heteroatoms. The Labute approximate surface area is 182 Å². The number of benzene rings is 2. The number of anilines is 1. The van der Waals surface area contributed by atoms with Crippen LogP contribution in [0.3, 0.4) is 0 Å². The van der Waals surface area contributed by atoms with Gasteiger partial charge in [-0.2, -0.15) is 0 Å². The van der Waals surface area contributed by atoms with Crippen molar-refractivity contribution in [2.24, 2.45) is 0 Å². The van der Waals surface area contributed by atoms with Gasteiger partial charge in [0.2, 0.25) is 5.91 Å². The minimum atomic E-state index is -0.121. The highest BCUT2D eigenvalue weighted by Gasteiger charge is 2.18. The average molecular weight is 437 g/mol. The predicted octanol–water partition coefficient (Wildman–Crippen LogP) is 5.04. The van der Waals surface area contributed by atoms with E-state index in [0.29, 0.717) is 16.6 Å². The summed E-state index contributed by atoms with van der Waals surface area (Å²) in [5.74, 6) is 1.56. The first-order chi connectivity index (χ1) is 14.6. The van der Waals surface area contributed by atoms with Crippen LogP contribution in [-0.2, 0) is 4.79 Å². The number of methoxy groups -OCH3 is 1. The van der Waals surface area contributed by atoms with Crippen LogP contribution in [0.5, 0.6) is 5.75 Å². The van der Waals surface area contributed by atoms with Gasteiger partial charge in [0.15, 0.2) is 11.0 Å². The minimum absolute atomic E-state index is 0.121. The largest absolute Gasteiger partial charge is 0.497 e. The molecule has 30 heavy (non-hydrogen) atoms. The lowest BCUT2D eigenvalue weighted by Crippen LogP contribution is -2.14. The van der Waals surface area contributed by atoms with Crippen LogP contribution in [0.2, 0.25) is 0 Å². The minimum Gasteiger partial charge on any atom is -0.497 e. The number of ether oxygens (including phenoxy) is 1. The summed E-state index contributed by atoms with van der Waals surface area (Å²) in [4.78, 5) is 13.5. The molecule has 2 aromatic heterocycles. The Balaban J connectivity index is 1.55. The molecule has 0 aliphatic carbocycles. The molecule has 0 aliphatic heterocycles. The van der Waals surface area contributed by atoms with Crippen molar-refractivity contribution in [2.45, 2.75) is 12.1 Å². The lowest BCUT2D eigenvalue weighted by Gasteiger charge is -2.10. The maximum atomic E-state index is 12.5. The van der Waals surface area contributed by atoms with E-state index in [9.17, 15) is 4.79 Å². The number of nitrogens with one attached hydrogen (secondary N) is 1. The number of hydrogen-bond acceptors (Lipinski definition) is 6. The number of carbonyl (C=O) groups excluding carboxylic acids is 1.